The number of urea groups is 1. The van der Waals surface area contributed by atoms with Crippen molar-refractivity contribution in [3.8, 4) is 0 Å². The summed E-state index contributed by atoms with van der Waals surface area (Å²) in [5.74, 6) is -1.16. The molecule has 0 fully saturated rings. The molecule has 1 aromatic rings. The van der Waals surface area contributed by atoms with E-state index in [9.17, 15) is 14.4 Å². The fraction of sp³-hybridized carbons (Fsp3) is 0.400. The van der Waals surface area contributed by atoms with Crippen LogP contribution in [0.5, 0.6) is 0 Å². The van der Waals surface area contributed by atoms with Gasteiger partial charge in [-0.25, -0.2) is 4.79 Å². The number of primary amides is 2. The third-order valence-electron chi connectivity index (χ3n) is 3.18. The van der Waals surface area contributed by atoms with Gasteiger partial charge in [-0.2, -0.15) is 0 Å². The molecule has 1 rings (SSSR count). The molecule has 0 aliphatic carbocycles. The molecule has 0 saturated carbocycles. The first-order chi connectivity index (χ1) is 10.5. The van der Waals surface area contributed by atoms with Crippen LogP contribution in [0.25, 0.3) is 0 Å². The minimum atomic E-state index is -0.951. The second kappa shape index (κ2) is 8.66. The number of carbonyl (C=O) groups is 3. The number of nitrogens with one attached hydrogen (secondary N) is 2. The largest absolute Gasteiger partial charge is 0.368 e. The van der Waals surface area contributed by atoms with E-state index in [1.54, 1.807) is 30.3 Å². The first kappa shape index (κ1) is 17.5. The molecule has 0 aliphatic heterocycles. The fourth-order valence-corrected chi connectivity index (χ4v) is 2.06. The smallest absolute Gasteiger partial charge is 0.312 e. The van der Waals surface area contributed by atoms with Crippen molar-refractivity contribution < 1.29 is 14.4 Å². The summed E-state index contributed by atoms with van der Waals surface area (Å²) >= 11 is 0. The second-order valence-corrected chi connectivity index (χ2v) is 4.96. The van der Waals surface area contributed by atoms with E-state index < -0.39 is 29.9 Å². The zero-order valence-electron chi connectivity index (χ0n) is 12.5. The van der Waals surface area contributed by atoms with Crippen LogP contribution in [0.15, 0.2) is 30.3 Å². The number of hydrogen-bond donors (Lipinski definition) is 4. The monoisotopic (exact) mass is 306 g/mol. The lowest BCUT2D eigenvalue weighted by Gasteiger charge is -2.21. The summed E-state index contributed by atoms with van der Waals surface area (Å²) in [6.45, 7) is 1.97. The van der Waals surface area contributed by atoms with Crippen molar-refractivity contribution in [1.82, 2.24) is 10.6 Å². The molecule has 0 bridgehead atoms. The number of carbonyl (C=O) groups excluding carboxylic acids is 3. The maximum absolute atomic E-state index is 12.3. The van der Waals surface area contributed by atoms with Crippen LogP contribution in [0.4, 0.5) is 4.79 Å². The Morgan fingerprint density at radius 1 is 1.09 bits per heavy atom. The number of benzene rings is 1. The molecule has 6 N–H and O–H groups in total. The number of amides is 4. The Morgan fingerprint density at radius 2 is 1.73 bits per heavy atom. The van der Waals surface area contributed by atoms with E-state index in [-0.39, 0.29) is 0 Å². The minimum Gasteiger partial charge on any atom is -0.368 e. The summed E-state index contributed by atoms with van der Waals surface area (Å²) < 4.78 is 0. The molecule has 1 aromatic carbocycles. The van der Waals surface area contributed by atoms with Crippen molar-refractivity contribution in [2.45, 2.75) is 38.3 Å². The lowest BCUT2D eigenvalue weighted by Crippen LogP contribution is -2.50. The third kappa shape index (κ3) is 5.43. The Hall–Kier alpha value is -2.57. The van der Waals surface area contributed by atoms with Crippen LogP contribution in [0.3, 0.4) is 0 Å². The average molecular weight is 306 g/mol. The number of rotatable bonds is 8. The van der Waals surface area contributed by atoms with Crippen molar-refractivity contribution >= 4 is 17.8 Å². The quantitative estimate of drug-likeness (QED) is 0.560. The lowest BCUT2D eigenvalue weighted by atomic mass is 10.0. The topological polar surface area (TPSA) is 127 Å². The zero-order valence-corrected chi connectivity index (χ0v) is 12.5. The van der Waals surface area contributed by atoms with Crippen LogP contribution in [-0.2, 0) is 9.59 Å². The average Bonchev–Trinajstić information content (AvgIpc) is 2.49. The van der Waals surface area contributed by atoms with E-state index >= 15 is 0 Å². The molecule has 7 heteroatoms. The van der Waals surface area contributed by atoms with Gasteiger partial charge < -0.3 is 22.1 Å². The zero-order chi connectivity index (χ0) is 16.5. The minimum absolute atomic E-state index is 0.436. The summed E-state index contributed by atoms with van der Waals surface area (Å²) in [5.41, 5.74) is 11.0. The molecule has 0 radical (unpaired) electrons. The summed E-state index contributed by atoms with van der Waals surface area (Å²) in [4.78, 5) is 34.9. The van der Waals surface area contributed by atoms with Gasteiger partial charge >= 0.3 is 6.03 Å². The molecule has 0 aliphatic rings. The highest BCUT2D eigenvalue weighted by molar-refractivity contribution is 5.91. The Bertz CT molecular complexity index is 519. The molecule has 2 atom stereocenters. The fourth-order valence-electron chi connectivity index (χ4n) is 2.06. The van der Waals surface area contributed by atoms with Crippen molar-refractivity contribution in [3.63, 3.8) is 0 Å². The molecule has 0 saturated heterocycles. The van der Waals surface area contributed by atoms with Gasteiger partial charge in [0.2, 0.25) is 11.8 Å². The van der Waals surface area contributed by atoms with Crippen molar-refractivity contribution in [2.24, 2.45) is 11.5 Å². The Balaban J connectivity index is 2.83. The summed E-state index contributed by atoms with van der Waals surface area (Å²) in [7, 11) is 0. The van der Waals surface area contributed by atoms with Gasteiger partial charge in [0, 0.05) is 0 Å². The molecule has 120 valence electrons. The SMILES string of the molecule is CCCC[C@H](NC(N)=O)C(=O)N[C@H](C(N)=O)c1ccccc1. The van der Waals surface area contributed by atoms with Crippen LogP contribution in [-0.4, -0.2) is 23.9 Å². The van der Waals surface area contributed by atoms with Gasteiger partial charge in [0.15, 0.2) is 0 Å². The number of unbranched alkanes of at least 4 members (excludes halogenated alkanes) is 1. The Kier molecular flexibility index (Phi) is 6.88. The maximum Gasteiger partial charge on any atom is 0.312 e. The second-order valence-electron chi connectivity index (χ2n) is 4.96. The van der Waals surface area contributed by atoms with Gasteiger partial charge in [-0.3, -0.25) is 9.59 Å². The standard InChI is InChI=1S/C15H22N4O3/c1-2-3-9-11(18-15(17)22)14(21)19-12(13(16)20)10-7-5-4-6-8-10/h4-8,11-12H,2-3,9H2,1H3,(H2,16,20)(H,19,21)(H3,17,18,22)/t11-,12-/m0/s1. The van der Waals surface area contributed by atoms with Crippen molar-refractivity contribution in [3.05, 3.63) is 35.9 Å². The van der Waals surface area contributed by atoms with Gasteiger partial charge in [0.25, 0.3) is 0 Å². The summed E-state index contributed by atoms with van der Waals surface area (Å²) in [6, 6.07) is 6.14. The van der Waals surface area contributed by atoms with Gasteiger partial charge in [0.1, 0.15) is 12.1 Å². The highest BCUT2D eigenvalue weighted by Gasteiger charge is 2.25. The van der Waals surface area contributed by atoms with Crippen LogP contribution < -0.4 is 22.1 Å². The Morgan fingerprint density at radius 3 is 2.23 bits per heavy atom. The van der Waals surface area contributed by atoms with E-state index in [1.807, 2.05) is 6.92 Å². The first-order valence-corrected chi connectivity index (χ1v) is 7.16. The predicted molar refractivity (Wildman–Crippen MR) is 82.6 cm³/mol. The van der Waals surface area contributed by atoms with Crippen molar-refractivity contribution in [1.29, 1.82) is 0 Å². The van der Waals surface area contributed by atoms with Gasteiger partial charge in [-0.15, -0.1) is 0 Å². The normalized spacial score (nSPS) is 13.0. The predicted octanol–water partition coefficient (Wildman–Crippen LogP) is 0.556. The molecular formula is C15H22N4O3. The number of nitrogens with two attached hydrogens (primary N) is 2. The molecule has 0 aromatic heterocycles. The molecule has 0 unspecified atom stereocenters. The highest BCUT2D eigenvalue weighted by atomic mass is 16.2. The van der Waals surface area contributed by atoms with E-state index in [4.69, 9.17) is 11.5 Å². The van der Waals surface area contributed by atoms with Crippen LogP contribution in [0, 0.1) is 0 Å². The van der Waals surface area contributed by atoms with E-state index in [0.29, 0.717) is 12.0 Å². The van der Waals surface area contributed by atoms with E-state index in [2.05, 4.69) is 10.6 Å². The van der Waals surface area contributed by atoms with E-state index in [0.717, 1.165) is 12.8 Å². The molecule has 22 heavy (non-hydrogen) atoms. The van der Waals surface area contributed by atoms with Crippen LogP contribution >= 0.6 is 0 Å². The first-order valence-electron chi connectivity index (χ1n) is 7.16. The van der Waals surface area contributed by atoms with E-state index in [1.165, 1.54) is 0 Å². The van der Waals surface area contributed by atoms with Gasteiger partial charge in [-0.1, -0.05) is 50.1 Å². The summed E-state index contributed by atoms with van der Waals surface area (Å²) in [6.07, 6.45) is 2.04. The molecule has 4 amide bonds. The third-order valence-corrected chi connectivity index (χ3v) is 3.18. The highest BCUT2D eigenvalue weighted by Crippen LogP contribution is 2.13. The molecular weight excluding hydrogens is 284 g/mol. The lowest BCUT2D eigenvalue weighted by molar-refractivity contribution is -0.128. The number of hydrogen-bond acceptors (Lipinski definition) is 3. The van der Waals surface area contributed by atoms with Gasteiger partial charge in [0.05, 0.1) is 0 Å². The molecule has 7 nitrogen and oxygen atoms in total. The maximum atomic E-state index is 12.3. The van der Waals surface area contributed by atoms with Crippen LogP contribution in [0.2, 0.25) is 0 Å². The van der Waals surface area contributed by atoms with Crippen LogP contribution in [0.1, 0.15) is 37.8 Å². The summed E-state index contributed by atoms with van der Waals surface area (Å²) in [5, 5.41) is 4.95. The molecule has 0 heterocycles. The Labute approximate surface area is 129 Å². The van der Waals surface area contributed by atoms with Gasteiger partial charge in [-0.05, 0) is 12.0 Å². The molecule has 0 spiro atoms. The van der Waals surface area contributed by atoms with Crippen molar-refractivity contribution in [2.75, 3.05) is 0 Å².